The van der Waals surface area contributed by atoms with E-state index in [1.165, 1.54) is 12.1 Å². The minimum Gasteiger partial charge on any atom is -0.319 e. The average molecular weight is 373 g/mol. The van der Waals surface area contributed by atoms with Gasteiger partial charge in [0.25, 0.3) is 5.69 Å². The summed E-state index contributed by atoms with van der Waals surface area (Å²) in [6, 6.07) is 10.9. The number of hydrogen-bond acceptors (Lipinski definition) is 5. The van der Waals surface area contributed by atoms with E-state index in [0.717, 1.165) is 0 Å². The summed E-state index contributed by atoms with van der Waals surface area (Å²) in [5.74, 6) is -0.996. The Kier molecular flexibility index (Phi) is 3.77. The first-order valence-electron chi connectivity index (χ1n) is 7.87. The number of amides is 3. The van der Waals surface area contributed by atoms with Gasteiger partial charge in [-0.25, -0.2) is 4.79 Å². The molecule has 8 nitrogen and oxygen atoms in total. The Bertz CT molecular complexity index is 948. The number of anilines is 2. The smallest absolute Gasteiger partial charge is 0.319 e. The molecule has 26 heavy (non-hydrogen) atoms. The minimum atomic E-state index is -0.608. The van der Waals surface area contributed by atoms with Crippen molar-refractivity contribution >= 4 is 40.6 Å². The van der Waals surface area contributed by atoms with Gasteiger partial charge in [0.05, 0.1) is 10.8 Å². The fourth-order valence-corrected chi connectivity index (χ4v) is 3.65. The average Bonchev–Trinajstić information content (AvgIpc) is 2.59. The monoisotopic (exact) mass is 372 g/mol. The Labute approximate surface area is 152 Å². The highest BCUT2D eigenvalue weighted by Crippen LogP contribution is 2.41. The normalized spacial score (nSPS) is 21.3. The lowest BCUT2D eigenvalue weighted by molar-refractivity contribution is -0.384. The molecule has 2 aliphatic rings. The van der Waals surface area contributed by atoms with E-state index >= 15 is 0 Å². The van der Waals surface area contributed by atoms with Crippen LogP contribution in [0.1, 0.15) is 5.56 Å². The van der Waals surface area contributed by atoms with Gasteiger partial charge in [-0.05, 0) is 36.2 Å². The number of non-ortho nitro benzene ring substituents is 1. The molecule has 2 aromatic carbocycles. The van der Waals surface area contributed by atoms with Crippen LogP contribution in [0.4, 0.5) is 21.9 Å². The fourth-order valence-electron chi connectivity index (χ4n) is 3.46. The third-order valence-corrected chi connectivity index (χ3v) is 4.81. The summed E-state index contributed by atoms with van der Waals surface area (Å²) < 4.78 is 0. The van der Waals surface area contributed by atoms with Crippen LogP contribution in [-0.2, 0) is 11.2 Å². The number of benzene rings is 2. The third kappa shape index (κ3) is 2.64. The number of halogens is 1. The van der Waals surface area contributed by atoms with Crippen LogP contribution in [0.5, 0.6) is 0 Å². The second-order valence-electron chi connectivity index (χ2n) is 6.14. The van der Waals surface area contributed by atoms with Gasteiger partial charge in [0.15, 0.2) is 0 Å². The molecule has 132 valence electrons. The topological polar surface area (TPSA) is 105 Å². The quantitative estimate of drug-likeness (QED) is 0.623. The second-order valence-corrected chi connectivity index (χ2v) is 6.57. The molecule has 2 unspecified atom stereocenters. The Morgan fingerprint density at radius 3 is 2.73 bits per heavy atom. The van der Waals surface area contributed by atoms with E-state index in [9.17, 15) is 19.7 Å². The van der Waals surface area contributed by atoms with Gasteiger partial charge in [0.2, 0.25) is 5.91 Å². The molecule has 4 rings (SSSR count). The van der Waals surface area contributed by atoms with Crippen LogP contribution in [0.2, 0.25) is 5.02 Å². The standard InChI is InChI=1S/C17H13ClN4O4/c18-10-2-1-3-11(8-10)21-14-5-4-12(22(25)26)6-9(14)7-13-15(21)19-17(24)20-16(13)23/h1-6,8,13,15H,7H2,(H2,19,20,23,24). The zero-order valence-corrected chi connectivity index (χ0v) is 14.1. The van der Waals surface area contributed by atoms with Crippen LogP contribution in [0, 0.1) is 16.0 Å². The summed E-state index contributed by atoms with van der Waals surface area (Å²) >= 11 is 6.11. The van der Waals surface area contributed by atoms with Gasteiger partial charge in [-0.2, -0.15) is 0 Å². The molecule has 1 fully saturated rings. The van der Waals surface area contributed by atoms with E-state index in [0.29, 0.717) is 22.0 Å². The molecule has 2 aliphatic heterocycles. The molecular formula is C17H13ClN4O4. The molecule has 0 aliphatic carbocycles. The van der Waals surface area contributed by atoms with Crippen molar-refractivity contribution < 1.29 is 14.5 Å². The zero-order chi connectivity index (χ0) is 18.4. The number of carbonyl (C=O) groups is 2. The maximum Gasteiger partial charge on any atom is 0.323 e. The highest BCUT2D eigenvalue weighted by molar-refractivity contribution is 6.30. The molecule has 0 radical (unpaired) electrons. The number of urea groups is 1. The molecular weight excluding hydrogens is 360 g/mol. The maximum atomic E-state index is 12.4. The molecule has 1 saturated heterocycles. The van der Waals surface area contributed by atoms with Gasteiger partial charge in [0.1, 0.15) is 6.17 Å². The summed E-state index contributed by atoms with van der Waals surface area (Å²) in [6.45, 7) is 0. The van der Waals surface area contributed by atoms with Gasteiger partial charge in [0, 0.05) is 28.5 Å². The molecule has 3 amide bonds. The lowest BCUT2D eigenvalue weighted by Gasteiger charge is -2.45. The molecule has 2 N–H and O–H groups in total. The number of fused-ring (bicyclic) bond motifs is 2. The highest BCUT2D eigenvalue weighted by Gasteiger charge is 2.44. The number of nitro benzene ring substituents is 1. The lowest BCUT2D eigenvalue weighted by Crippen LogP contribution is -2.65. The number of nitrogens with zero attached hydrogens (tertiary/aromatic N) is 2. The summed E-state index contributed by atoms with van der Waals surface area (Å²) in [6.07, 6.45) is -0.325. The molecule has 0 bridgehead atoms. The number of rotatable bonds is 2. The molecule has 0 saturated carbocycles. The van der Waals surface area contributed by atoms with Crippen LogP contribution in [0.15, 0.2) is 42.5 Å². The van der Waals surface area contributed by atoms with Crippen LogP contribution < -0.4 is 15.5 Å². The number of imide groups is 1. The fraction of sp³-hybridized carbons (Fsp3) is 0.176. The predicted octanol–water partition coefficient (Wildman–Crippen LogP) is 2.72. The molecule has 0 aromatic heterocycles. The van der Waals surface area contributed by atoms with Crippen LogP contribution in [-0.4, -0.2) is 23.0 Å². The van der Waals surface area contributed by atoms with E-state index in [4.69, 9.17) is 11.6 Å². The summed E-state index contributed by atoms with van der Waals surface area (Å²) in [5, 5.41) is 16.6. The van der Waals surface area contributed by atoms with Crippen LogP contribution in [0.25, 0.3) is 0 Å². The number of nitrogens with one attached hydrogen (secondary N) is 2. The summed E-state index contributed by atoms with van der Waals surface area (Å²) in [5.41, 5.74) is 1.98. The molecule has 2 aromatic rings. The highest BCUT2D eigenvalue weighted by atomic mass is 35.5. The van der Waals surface area contributed by atoms with Crippen molar-refractivity contribution in [2.24, 2.45) is 5.92 Å². The van der Waals surface area contributed by atoms with Gasteiger partial charge in [-0.1, -0.05) is 17.7 Å². The largest absolute Gasteiger partial charge is 0.323 e. The van der Waals surface area contributed by atoms with Crippen LogP contribution >= 0.6 is 11.6 Å². The number of hydrogen-bond donors (Lipinski definition) is 2. The summed E-state index contributed by atoms with van der Waals surface area (Å²) in [7, 11) is 0. The van der Waals surface area contributed by atoms with E-state index in [-0.39, 0.29) is 12.1 Å². The van der Waals surface area contributed by atoms with E-state index in [2.05, 4.69) is 10.6 Å². The maximum absolute atomic E-state index is 12.4. The first-order chi connectivity index (χ1) is 12.4. The molecule has 2 heterocycles. The summed E-state index contributed by atoms with van der Waals surface area (Å²) in [4.78, 5) is 36.6. The van der Waals surface area contributed by atoms with Crippen molar-refractivity contribution in [3.8, 4) is 0 Å². The minimum absolute atomic E-state index is 0.0477. The second kappa shape index (κ2) is 5.99. The molecule has 0 spiro atoms. The van der Waals surface area contributed by atoms with Crippen molar-refractivity contribution in [1.29, 1.82) is 0 Å². The lowest BCUT2D eigenvalue weighted by atomic mass is 9.87. The SMILES string of the molecule is O=C1NC(=O)C2Cc3cc([N+](=O)[O-])ccc3N(c3cccc(Cl)c3)C2N1. The van der Waals surface area contributed by atoms with Gasteiger partial charge < -0.3 is 10.2 Å². The van der Waals surface area contributed by atoms with E-state index in [1.807, 2.05) is 0 Å². The van der Waals surface area contributed by atoms with E-state index < -0.39 is 28.9 Å². The van der Waals surface area contributed by atoms with Crippen molar-refractivity contribution in [1.82, 2.24) is 10.6 Å². The molecule has 9 heteroatoms. The van der Waals surface area contributed by atoms with Gasteiger partial charge >= 0.3 is 6.03 Å². The Balaban J connectivity index is 1.89. The van der Waals surface area contributed by atoms with Crippen molar-refractivity contribution in [3.63, 3.8) is 0 Å². The van der Waals surface area contributed by atoms with Crippen molar-refractivity contribution in [2.75, 3.05) is 4.90 Å². The number of nitro groups is 1. The van der Waals surface area contributed by atoms with Crippen molar-refractivity contribution in [3.05, 3.63) is 63.2 Å². The van der Waals surface area contributed by atoms with Crippen molar-refractivity contribution in [2.45, 2.75) is 12.6 Å². The Morgan fingerprint density at radius 2 is 2.00 bits per heavy atom. The van der Waals surface area contributed by atoms with Gasteiger partial charge in [-0.15, -0.1) is 0 Å². The number of carbonyl (C=O) groups excluding carboxylic acids is 2. The van der Waals surface area contributed by atoms with Crippen LogP contribution in [0.3, 0.4) is 0 Å². The Morgan fingerprint density at radius 1 is 1.19 bits per heavy atom. The molecule has 2 atom stereocenters. The zero-order valence-electron chi connectivity index (χ0n) is 13.3. The predicted molar refractivity (Wildman–Crippen MR) is 94.3 cm³/mol. The Hall–Kier alpha value is -3.13. The van der Waals surface area contributed by atoms with Gasteiger partial charge in [-0.3, -0.25) is 20.2 Å². The van der Waals surface area contributed by atoms with E-state index in [1.54, 1.807) is 35.2 Å². The first kappa shape index (κ1) is 16.3. The third-order valence-electron chi connectivity index (χ3n) is 4.57. The first-order valence-corrected chi connectivity index (χ1v) is 8.25.